The molecule has 1 N–H and O–H groups in total. The second-order valence-corrected chi connectivity index (χ2v) is 4.11. The fourth-order valence-corrected chi connectivity index (χ4v) is 1.42. The van der Waals surface area contributed by atoms with Crippen molar-refractivity contribution in [3.63, 3.8) is 0 Å². The fraction of sp³-hybridized carbons (Fsp3) is 1.00. The van der Waals surface area contributed by atoms with E-state index in [1.54, 1.807) is 0 Å². The Hall–Kier alpha value is 0.0400. The van der Waals surface area contributed by atoms with Crippen LogP contribution in [0.5, 0.6) is 0 Å². The lowest BCUT2D eigenvalue weighted by Gasteiger charge is -2.18. The lowest BCUT2D eigenvalue weighted by molar-refractivity contribution is -0.133. The number of nitrogens with one attached hydrogen (secondary N) is 1. The highest BCUT2D eigenvalue weighted by atomic mass is 35.5. The van der Waals surface area contributed by atoms with Crippen molar-refractivity contribution >= 4 is 11.6 Å². The summed E-state index contributed by atoms with van der Waals surface area (Å²) in [6, 6.07) is -0.0148. The minimum Gasteiger partial charge on any atom is -0.312 e. The molecule has 0 rings (SSSR count). The molecule has 0 aromatic carbocycles. The molecule has 5 heteroatoms. The molecule has 1 atom stereocenters. The van der Waals surface area contributed by atoms with Gasteiger partial charge in [0.25, 0.3) is 0 Å². The normalized spacial score (nSPS) is 14.8. The molecule has 0 aliphatic rings. The Morgan fingerprint density at radius 1 is 1.29 bits per heavy atom. The van der Waals surface area contributed by atoms with Crippen LogP contribution in [0.3, 0.4) is 0 Å². The SMILES string of the molecule is CC(C)CC(CCl)NCCC(F)(F)F. The molecule has 14 heavy (non-hydrogen) atoms. The first-order valence-corrected chi connectivity index (χ1v) is 5.24. The summed E-state index contributed by atoms with van der Waals surface area (Å²) in [6.07, 6.45) is -4.07. The van der Waals surface area contributed by atoms with Crippen molar-refractivity contribution in [2.75, 3.05) is 12.4 Å². The van der Waals surface area contributed by atoms with E-state index in [9.17, 15) is 13.2 Å². The lowest BCUT2D eigenvalue weighted by atomic mass is 10.1. The maximum absolute atomic E-state index is 11.8. The molecule has 1 nitrogen and oxygen atoms in total. The van der Waals surface area contributed by atoms with Gasteiger partial charge in [0.1, 0.15) is 0 Å². The van der Waals surface area contributed by atoms with Crippen LogP contribution < -0.4 is 5.32 Å². The molecule has 86 valence electrons. The van der Waals surface area contributed by atoms with Crippen molar-refractivity contribution in [2.45, 2.75) is 38.9 Å². The van der Waals surface area contributed by atoms with Gasteiger partial charge in [-0.1, -0.05) is 13.8 Å². The van der Waals surface area contributed by atoms with E-state index >= 15 is 0 Å². The molecular weight excluding hydrogens is 215 g/mol. The molecule has 0 radical (unpaired) electrons. The van der Waals surface area contributed by atoms with Crippen molar-refractivity contribution < 1.29 is 13.2 Å². The minimum atomic E-state index is -4.08. The van der Waals surface area contributed by atoms with Crippen molar-refractivity contribution in [3.05, 3.63) is 0 Å². The third-order valence-electron chi connectivity index (χ3n) is 1.78. The van der Waals surface area contributed by atoms with Crippen LogP contribution in [0.4, 0.5) is 13.2 Å². The first kappa shape index (κ1) is 14.0. The summed E-state index contributed by atoms with van der Waals surface area (Å²) in [5, 5.41) is 2.81. The summed E-state index contributed by atoms with van der Waals surface area (Å²) >= 11 is 5.62. The van der Waals surface area contributed by atoms with Crippen molar-refractivity contribution in [3.8, 4) is 0 Å². The van der Waals surface area contributed by atoms with Gasteiger partial charge in [-0.05, 0) is 12.3 Å². The quantitative estimate of drug-likeness (QED) is 0.693. The Labute approximate surface area is 88.0 Å². The van der Waals surface area contributed by atoms with Crippen LogP contribution in [0, 0.1) is 5.92 Å². The maximum atomic E-state index is 11.8. The number of hydrogen-bond donors (Lipinski definition) is 1. The van der Waals surface area contributed by atoms with E-state index in [1.807, 2.05) is 13.8 Å². The Balaban J connectivity index is 3.63. The van der Waals surface area contributed by atoms with Gasteiger partial charge in [0.05, 0.1) is 6.42 Å². The highest BCUT2D eigenvalue weighted by Gasteiger charge is 2.26. The summed E-state index contributed by atoms with van der Waals surface area (Å²) in [6.45, 7) is 3.99. The number of hydrogen-bond acceptors (Lipinski definition) is 1. The molecule has 0 aliphatic heterocycles. The summed E-state index contributed by atoms with van der Waals surface area (Å²) < 4.78 is 35.4. The van der Waals surface area contributed by atoms with Crippen LogP contribution in [0.15, 0.2) is 0 Å². The molecule has 0 spiro atoms. The maximum Gasteiger partial charge on any atom is 0.390 e. The third-order valence-corrected chi connectivity index (χ3v) is 2.16. The second kappa shape index (κ2) is 6.51. The second-order valence-electron chi connectivity index (χ2n) is 3.80. The largest absolute Gasteiger partial charge is 0.390 e. The van der Waals surface area contributed by atoms with E-state index in [0.717, 1.165) is 6.42 Å². The van der Waals surface area contributed by atoms with Gasteiger partial charge in [-0.2, -0.15) is 13.2 Å². The topological polar surface area (TPSA) is 12.0 Å². The fourth-order valence-electron chi connectivity index (χ4n) is 1.19. The predicted octanol–water partition coefficient (Wildman–Crippen LogP) is 3.18. The molecule has 0 saturated carbocycles. The van der Waals surface area contributed by atoms with Gasteiger partial charge in [-0.25, -0.2) is 0 Å². The summed E-state index contributed by atoms with van der Waals surface area (Å²) in [5.41, 5.74) is 0. The van der Waals surface area contributed by atoms with E-state index in [-0.39, 0.29) is 12.6 Å². The van der Waals surface area contributed by atoms with E-state index in [4.69, 9.17) is 11.6 Å². The molecule has 1 unspecified atom stereocenters. The van der Waals surface area contributed by atoms with E-state index in [2.05, 4.69) is 5.32 Å². The Morgan fingerprint density at radius 2 is 1.86 bits per heavy atom. The van der Waals surface area contributed by atoms with Crippen LogP contribution in [0.25, 0.3) is 0 Å². The van der Waals surface area contributed by atoms with Crippen LogP contribution in [-0.2, 0) is 0 Å². The highest BCUT2D eigenvalue weighted by Crippen LogP contribution is 2.18. The average molecular weight is 232 g/mol. The van der Waals surface area contributed by atoms with Crippen LogP contribution in [0.2, 0.25) is 0 Å². The first-order valence-electron chi connectivity index (χ1n) is 4.71. The molecular formula is C9H17ClF3N. The highest BCUT2D eigenvalue weighted by molar-refractivity contribution is 6.18. The molecule has 0 heterocycles. The van der Waals surface area contributed by atoms with Crippen molar-refractivity contribution in [2.24, 2.45) is 5.92 Å². The molecule has 0 bridgehead atoms. The molecule has 0 amide bonds. The van der Waals surface area contributed by atoms with Gasteiger partial charge < -0.3 is 5.32 Å². The molecule has 0 fully saturated rings. The summed E-state index contributed by atoms with van der Waals surface area (Å²) in [7, 11) is 0. The Morgan fingerprint density at radius 3 is 2.21 bits per heavy atom. The minimum absolute atomic E-state index is 0.0148. The zero-order chi connectivity index (χ0) is 11.2. The van der Waals surface area contributed by atoms with E-state index in [1.165, 1.54) is 0 Å². The number of rotatable bonds is 6. The smallest absolute Gasteiger partial charge is 0.312 e. The summed E-state index contributed by atoms with van der Waals surface area (Å²) in [4.78, 5) is 0. The van der Waals surface area contributed by atoms with Crippen LogP contribution in [0.1, 0.15) is 26.7 Å². The van der Waals surface area contributed by atoms with E-state index < -0.39 is 12.6 Å². The number of alkyl halides is 4. The Kier molecular flexibility index (Phi) is 6.53. The van der Waals surface area contributed by atoms with Gasteiger partial charge in [0, 0.05) is 18.5 Å². The first-order chi connectivity index (χ1) is 6.35. The van der Waals surface area contributed by atoms with Gasteiger partial charge in [-0.3, -0.25) is 0 Å². The van der Waals surface area contributed by atoms with Crippen LogP contribution in [-0.4, -0.2) is 24.6 Å². The summed E-state index contributed by atoms with van der Waals surface area (Å²) in [5.74, 6) is 0.799. The van der Waals surface area contributed by atoms with Crippen molar-refractivity contribution in [1.82, 2.24) is 5.32 Å². The zero-order valence-electron chi connectivity index (χ0n) is 8.49. The predicted molar refractivity (Wildman–Crippen MR) is 52.6 cm³/mol. The third kappa shape index (κ3) is 8.63. The van der Waals surface area contributed by atoms with Gasteiger partial charge in [0.15, 0.2) is 0 Å². The lowest BCUT2D eigenvalue weighted by Crippen LogP contribution is -2.34. The van der Waals surface area contributed by atoms with Crippen molar-refractivity contribution in [1.29, 1.82) is 0 Å². The molecule has 0 aromatic heterocycles. The van der Waals surface area contributed by atoms with Gasteiger partial charge >= 0.3 is 6.18 Å². The van der Waals surface area contributed by atoms with Crippen LogP contribution >= 0.6 is 11.6 Å². The van der Waals surface area contributed by atoms with Gasteiger partial charge in [-0.15, -0.1) is 11.6 Å². The monoisotopic (exact) mass is 231 g/mol. The zero-order valence-corrected chi connectivity index (χ0v) is 9.25. The molecule has 0 aliphatic carbocycles. The average Bonchev–Trinajstić information content (AvgIpc) is 1.99. The Bertz CT molecular complexity index is 147. The molecule has 0 aromatic rings. The van der Waals surface area contributed by atoms with E-state index in [0.29, 0.717) is 11.8 Å². The van der Waals surface area contributed by atoms with Gasteiger partial charge in [0.2, 0.25) is 0 Å². The number of halogens is 4. The molecule has 0 saturated heterocycles. The standard InChI is InChI=1S/C9H17ClF3N/c1-7(2)5-8(6-10)14-4-3-9(11,12)13/h7-8,14H,3-6H2,1-2H3.